The number of nitrogens with one attached hydrogen (secondary N) is 1. The van der Waals surface area contributed by atoms with Gasteiger partial charge in [-0.25, -0.2) is 4.68 Å². The molecule has 1 saturated carbocycles. The van der Waals surface area contributed by atoms with Gasteiger partial charge in [0.05, 0.1) is 11.3 Å². The van der Waals surface area contributed by atoms with E-state index in [9.17, 15) is 10.1 Å². The van der Waals surface area contributed by atoms with Crippen LogP contribution in [0, 0.1) is 25.2 Å². The van der Waals surface area contributed by atoms with Gasteiger partial charge in [0.1, 0.15) is 11.9 Å². The summed E-state index contributed by atoms with van der Waals surface area (Å²) in [6.07, 6.45) is 5.80. The first kappa shape index (κ1) is 19.4. The van der Waals surface area contributed by atoms with E-state index in [0.717, 1.165) is 24.1 Å². The Morgan fingerprint density at radius 3 is 2.74 bits per heavy atom. The maximum absolute atomic E-state index is 12.6. The highest BCUT2D eigenvalue weighted by atomic mass is 32.2. The lowest BCUT2D eigenvalue weighted by Gasteiger charge is -2.27. The summed E-state index contributed by atoms with van der Waals surface area (Å²) in [4.78, 5) is 12.6. The molecular formula is C18H25N7OS. The van der Waals surface area contributed by atoms with Crippen LogP contribution < -0.4 is 5.32 Å². The van der Waals surface area contributed by atoms with Crippen LogP contribution in [0.2, 0.25) is 0 Å². The van der Waals surface area contributed by atoms with Crippen molar-refractivity contribution < 1.29 is 4.79 Å². The molecule has 1 aliphatic carbocycles. The number of aromatic nitrogens is 5. The van der Waals surface area contributed by atoms with Gasteiger partial charge in [-0.05, 0) is 49.6 Å². The second-order valence-electron chi connectivity index (χ2n) is 6.82. The number of aryl methyl sites for hydroxylation is 1. The Balaban J connectivity index is 1.79. The molecule has 0 aromatic carbocycles. The van der Waals surface area contributed by atoms with E-state index in [1.165, 1.54) is 31.0 Å². The van der Waals surface area contributed by atoms with Crippen LogP contribution in [0.5, 0.6) is 0 Å². The van der Waals surface area contributed by atoms with Gasteiger partial charge in [0.2, 0.25) is 11.1 Å². The molecule has 3 rings (SSSR count). The highest BCUT2D eigenvalue weighted by molar-refractivity contribution is 7.99. The van der Waals surface area contributed by atoms with E-state index in [1.807, 2.05) is 20.8 Å². The topological polar surface area (TPSA) is 101 Å². The van der Waals surface area contributed by atoms with E-state index in [-0.39, 0.29) is 11.7 Å². The summed E-state index contributed by atoms with van der Waals surface area (Å²) in [5.74, 6) is 0.677. The highest BCUT2D eigenvalue weighted by Crippen LogP contribution is 2.36. The Bertz CT molecular complexity index is 858. The molecule has 0 unspecified atom stereocenters. The summed E-state index contributed by atoms with van der Waals surface area (Å²) in [5.41, 5.74) is 2.58. The molecule has 0 saturated heterocycles. The van der Waals surface area contributed by atoms with Crippen molar-refractivity contribution >= 4 is 23.5 Å². The van der Waals surface area contributed by atoms with Crippen LogP contribution in [-0.4, -0.2) is 36.4 Å². The maximum Gasteiger partial charge on any atom is 0.235 e. The first-order valence-electron chi connectivity index (χ1n) is 9.37. The van der Waals surface area contributed by atoms with Crippen molar-refractivity contribution in [2.24, 2.45) is 0 Å². The Morgan fingerprint density at radius 2 is 2.07 bits per heavy atom. The number of carbonyl (C=O) groups is 1. The molecule has 8 nitrogen and oxygen atoms in total. The van der Waals surface area contributed by atoms with Gasteiger partial charge >= 0.3 is 0 Å². The number of hydrogen-bond acceptors (Lipinski definition) is 6. The van der Waals surface area contributed by atoms with Crippen molar-refractivity contribution in [2.45, 2.75) is 70.6 Å². The lowest BCUT2D eigenvalue weighted by molar-refractivity contribution is -0.113. The lowest BCUT2D eigenvalue weighted by Crippen LogP contribution is -2.22. The molecule has 144 valence electrons. The number of rotatable bonds is 6. The molecule has 9 heteroatoms. The summed E-state index contributed by atoms with van der Waals surface area (Å²) in [7, 11) is 0. The third-order valence-corrected chi connectivity index (χ3v) is 6.15. The van der Waals surface area contributed by atoms with Crippen molar-refractivity contribution in [1.82, 2.24) is 24.8 Å². The average Bonchev–Trinajstić information content (AvgIpc) is 3.23. The Hall–Kier alpha value is -2.34. The molecule has 0 aliphatic heterocycles. The van der Waals surface area contributed by atoms with Crippen molar-refractivity contribution in [3.63, 3.8) is 0 Å². The van der Waals surface area contributed by atoms with Gasteiger partial charge in [0, 0.05) is 18.3 Å². The van der Waals surface area contributed by atoms with Crippen molar-refractivity contribution in [1.29, 1.82) is 5.26 Å². The number of amides is 1. The van der Waals surface area contributed by atoms with Crippen LogP contribution in [-0.2, 0) is 11.3 Å². The Labute approximate surface area is 163 Å². The smallest absolute Gasteiger partial charge is 0.235 e. The van der Waals surface area contributed by atoms with Gasteiger partial charge in [-0.1, -0.05) is 31.0 Å². The van der Waals surface area contributed by atoms with E-state index < -0.39 is 0 Å². The highest BCUT2D eigenvalue weighted by Gasteiger charge is 2.26. The molecule has 2 heterocycles. The van der Waals surface area contributed by atoms with E-state index in [0.29, 0.717) is 29.1 Å². The monoisotopic (exact) mass is 387 g/mol. The maximum atomic E-state index is 12.6. The van der Waals surface area contributed by atoms with E-state index in [1.54, 1.807) is 4.68 Å². The minimum atomic E-state index is -0.156. The molecule has 1 aliphatic rings. The zero-order valence-corrected chi connectivity index (χ0v) is 16.8. The molecule has 1 fully saturated rings. The Morgan fingerprint density at radius 1 is 1.33 bits per heavy atom. The molecule has 2 aromatic heterocycles. The van der Waals surface area contributed by atoms with Crippen LogP contribution in [0.3, 0.4) is 0 Å². The quantitative estimate of drug-likeness (QED) is 0.764. The predicted octanol–water partition coefficient (Wildman–Crippen LogP) is 3.22. The third-order valence-electron chi connectivity index (χ3n) is 5.20. The van der Waals surface area contributed by atoms with Crippen molar-refractivity contribution in [3.05, 3.63) is 16.8 Å². The average molecular weight is 388 g/mol. The normalized spacial score (nSPS) is 14.9. The molecule has 0 atom stereocenters. The summed E-state index contributed by atoms with van der Waals surface area (Å²) < 4.78 is 3.82. The molecule has 0 spiro atoms. The van der Waals surface area contributed by atoms with Gasteiger partial charge in [0.15, 0.2) is 0 Å². The number of tetrazole rings is 1. The molecule has 0 bridgehead atoms. The first-order valence-corrected chi connectivity index (χ1v) is 10.4. The zero-order valence-electron chi connectivity index (χ0n) is 16.0. The first-order chi connectivity index (χ1) is 13.1. The molecule has 1 amide bonds. The Kier molecular flexibility index (Phi) is 6.16. The number of nitriles is 1. The fraction of sp³-hybridized carbons (Fsp3) is 0.611. The minimum Gasteiger partial charge on any atom is -0.327 e. The number of hydrogen-bond donors (Lipinski definition) is 1. The molecular weight excluding hydrogens is 362 g/mol. The fourth-order valence-electron chi connectivity index (χ4n) is 3.68. The second-order valence-corrected chi connectivity index (χ2v) is 7.76. The summed E-state index contributed by atoms with van der Waals surface area (Å²) >= 11 is 1.29. The zero-order chi connectivity index (χ0) is 19.4. The second kappa shape index (κ2) is 8.57. The molecule has 0 radical (unpaired) electrons. The van der Waals surface area contributed by atoms with Gasteiger partial charge in [-0.15, -0.1) is 5.10 Å². The number of thioether (sulfide) groups is 1. The van der Waals surface area contributed by atoms with Crippen LogP contribution in [0.15, 0.2) is 5.16 Å². The van der Waals surface area contributed by atoms with Crippen molar-refractivity contribution in [3.8, 4) is 6.07 Å². The van der Waals surface area contributed by atoms with Crippen LogP contribution in [0.4, 0.5) is 5.82 Å². The lowest BCUT2D eigenvalue weighted by atomic mass is 9.95. The third kappa shape index (κ3) is 4.00. The van der Waals surface area contributed by atoms with Crippen LogP contribution in [0.25, 0.3) is 0 Å². The predicted molar refractivity (Wildman–Crippen MR) is 104 cm³/mol. The summed E-state index contributed by atoms with van der Waals surface area (Å²) in [5, 5.41) is 24.7. The van der Waals surface area contributed by atoms with Gasteiger partial charge in [0.25, 0.3) is 0 Å². The van der Waals surface area contributed by atoms with E-state index in [2.05, 4.69) is 31.5 Å². The summed E-state index contributed by atoms with van der Waals surface area (Å²) in [6, 6.07) is 2.62. The number of carbonyl (C=O) groups excluding carboxylic acids is 1. The number of nitrogens with zero attached hydrogens (tertiary/aromatic N) is 6. The molecule has 27 heavy (non-hydrogen) atoms. The van der Waals surface area contributed by atoms with E-state index >= 15 is 0 Å². The number of anilines is 1. The van der Waals surface area contributed by atoms with Crippen LogP contribution in [0.1, 0.15) is 61.9 Å². The largest absolute Gasteiger partial charge is 0.327 e. The fourth-order valence-corrected chi connectivity index (χ4v) is 4.42. The van der Waals surface area contributed by atoms with Crippen molar-refractivity contribution in [2.75, 3.05) is 11.1 Å². The molecule has 1 N–H and O–H groups in total. The van der Waals surface area contributed by atoms with Gasteiger partial charge < -0.3 is 9.88 Å². The van der Waals surface area contributed by atoms with Gasteiger partial charge in [-0.2, -0.15) is 5.26 Å². The van der Waals surface area contributed by atoms with E-state index in [4.69, 9.17) is 0 Å². The molecule has 2 aromatic rings. The van der Waals surface area contributed by atoms with Gasteiger partial charge in [-0.3, -0.25) is 4.79 Å². The summed E-state index contributed by atoms with van der Waals surface area (Å²) in [6.45, 7) is 6.58. The standard InChI is InChI=1S/C18H25N7OS/c1-4-24-18(21-22-23-24)27-11-16(26)20-17-15(10-19)12(2)13(3)25(17)14-8-6-5-7-9-14/h14H,4-9,11H2,1-3H3,(H,20,26). The SMILES string of the molecule is CCn1nnnc1SCC(=O)Nc1c(C#N)c(C)c(C)n1C1CCCCC1. The minimum absolute atomic E-state index is 0.156. The van der Waals surface area contributed by atoms with Crippen LogP contribution >= 0.6 is 11.8 Å².